The third-order valence-corrected chi connectivity index (χ3v) is 4.37. The standard InChI is InChI=1S/C18H14O8/c19-11-2-1-7(4-12(11)20)15-9-6-14(22)13(21)5-8(9)3-10(17(23)24)16(15)18(25)26/h1-6,15-16,19-22H,(H,23,24)(H,25,26)/t15-,16-/m0/s1. The second-order valence-corrected chi connectivity index (χ2v) is 5.92. The van der Waals surface area contributed by atoms with Crippen molar-refractivity contribution in [1.29, 1.82) is 0 Å². The number of aliphatic carboxylic acids is 2. The van der Waals surface area contributed by atoms with Crippen LogP contribution in [0.1, 0.15) is 22.6 Å². The van der Waals surface area contributed by atoms with E-state index in [1.165, 1.54) is 6.07 Å². The highest BCUT2D eigenvalue weighted by Gasteiger charge is 2.41. The van der Waals surface area contributed by atoms with Crippen molar-refractivity contribution in [2.24, 2.45) is 5.92 Å². The van der Waals surface area contributed by atoms with Gasteiger partial charge in [-0.3, -0.25) is 4.79 Å². The summed E-state index contributed by atoms with van der Waals surface area (Å²) < 4.78 is 0. The van der Waals surface area contributed by atoms with Crippen LogP contribution in [0.4, 0.5) is 0 Å². The first-order valence-corrected chi connectivity index (χ1v) is 7.46. The number of phenols is 4. The van der Waals surface area contributed by atoms with Gasteiger partial charge in [0.15, 0.2) is 23.0 Å². The molecule has 0 fully saturated rings. The van der Waals surface area contributed by atoms with Gasteiger partial charge in [-0.2, -0.15) is 0 Å². The van der Waals surface area contributed by atoms with Gasteiger partial charge >= 0.3 is 11.9 Å². The molecule has 0 radical (unpaired) electrons. The summed E-state index contributed by atoms with van der Waals surface area (Å²) in [5.74, 6) is -7.32. The number of fused-ring (bicyclic) bond motifs is 1. The maximum Gasteiger partial charge on any atom is 0.332 e. The molecule has 0 saturated heterocycles. The Balaban J connectivity index is 2.33. The number of carboxylic acids is 2. The topological polar surface area (TPSA) is 156 Å². The summed E-state index contributed by atoms with van der Waals surface area (Å²) in [6.07, 6.45) is 1.13. The molecule has 0 unspecified atom stereocenters. The molecular formula is C18H14O8. The monoisotopic (exact) mass is 358 g/mol. The van der Waals surface area contributed by atoms with E-state index in [4.69, 9.17) is 0 Å². The zero-order chi connectivity index (χ0) is 19.2. The van der Waals surface area contributed by atoms with Crippen molar-refractivity contribution in [2.75, 3.05) is 0 Å². The fourth-order valence-corrected chi connectivity index (χ4v) is 3.20. The summed E-state index contributed by atoms with van der Waals surface area (Å²) in [5.41, 5.74) is 0.314. The summed E-state index contributed by atoms with van der Waals surface area (Å²) in [6, 6.07) is 5.94. The van der Waals surface area contributed by atoms with Crippen LogP contribution in [-0.2, 0) is 9.59 Å². The number of rotatable bonds is 3. The fraction of sp³-hybridized carbons (Fsp3) is 0.111. The minimum Gasteiger partial charge on any atom is -0.504 e. The summed E-state index contributed by atoms with van der Waals surface area (Å²) in [7, 11) is 0. The first kappa shape index (κ1) is 17.2. The normalized spacial score (nSPS) is 18.7. The van der Waals surface area contributed by atoms with E-state index in [1.54, 1.807) is 0 Å². The van der Waals surface area contributed by atoms with Crippen molar-refractivity contribution < 1.29 is 40.2 Å². The quantitative estimate of drug-likeness (QED) is 0.454. The highest BCUT2D eigenvalue weighted by atomic mass is 16.4. The largest absolute Gasteiger partial charge is 0.504 e. The van der Waals surface area contributed by atoms with Gasteiger partial charge in [-0.05, 0) is 47.0 Å². The molecule has 0 spiro atoms. The van der Waals surface area contributed by atoms with E-state index < -0.39 is 52.3 Å². The highest BCUT2D eigenvalue weighted by Crippen LogP contribution is 2.47. The molecule has 6 N–H and O–H groups in total. The molecular weight excluding hydrogens is 344 g/mol. The zero-order valence-corrected chi connectivity index (χ0v) is 13.1. The van der Waals surface area contributed by atoms with Gasteiger partial charge in [0.05, 0.1) is 11.5 Å². The van der Waals surface area contributed by atoms with E-state index in [2.05, 4.69) is 0 Å². The Bertz CT molecular complexity index is 960. The van der Waals surface area contributed by atoms with Crippen LogP contribution >= 0.6 is 0 Å². The van der Waals surface area contributed by atoms with E-state index in [9.17, 15) is 40.2 Å². The Kier molecular flexibility index (Phi) is 3.96. The molecule has 26 heavy (non-hydrogen) atoms. The molecule has 0 heterocycles. The molecule has 8 nitrogen and oxygen atoms in total. The SMILES string of the molecule is O=C(O)C1=Cc2cc(O)c(O)cc2[C@H](c2ccc(O)c(O)c2)[C@H]1C(=O)O. The molecule has 3 rings (SSSR count). The average Bonchev–Trinajstić information content (AvgIpc) is 2.56. The molecule has 1 aliphatic carbocycles. The van der Waals surface area contributed by atoms with E-state index in [0.717, 1.165) is 30.3 Å². The first-order chi connectivity index (χ1) is 12.2. The molecule has 2 aromatic rings. The van der Waals surface area contributed by atoms with Crippen LogP contribution in [0.3, 0.4) is 0 Å². The van der Waals surface area contributed by atoms with Gasteiger partial charge in [-0.15, -0.1) is 0 Å². The summed E-state index contributed by atoms with van der Waals surface area (Å²) in [6.45, 7) is 0. The molecule has 0 saturated carbocycles. The van der Waals surface area contributed by atoms with E-state index in [1.807, 2.05) is 0 Å². The molecule has 2 aromatic carbocycles. The second kappa shape index (κ2) is 5.99. The number of hydrogen-bond donors (Lipinski definition) is 6. The van der Waals surface area contributed by atoms with Gasteiger partial charge in [0.2, 0.25) is 0 Å². The Hall–Kier alpha value is -3.68. The molecule has 1 aliphatic rings. The lowest BCUT2D eigenvalue weighted by Crippen LogP contribution is -2.31. The van der Waals surface area contributed by atoms with E-state index >= 15 is 0 Å². The number of benzene rings is 2. The summed E-state index contributed by atoms with van der Waals surface area (Å²) in [5, 5.41) is 57.8. The molecule has 0 bridgehead atoms. The van der Waals surface area contributed by atoms with E-state index in [0.29, 0.717) is 0 Å². The third-order valence-electron chi connectivity index (χ3n) is 4.37. The molecule has 0 aromatic heterocycles. The summed E-state index contributed by atoms with van der Waals surface area (Å²) in [4.78, 5) is 23.4. The van der Waals surface area contributed by atoms with Crippen molar-refractivity contribution in [3.8, 4) is 23.0 Å². The first-order valence-electron chi connectivity index (χ1n) is 7.46. The van der Waals surface area contributed by atoms with Crippen LogP contribution in [0, 0.1) is 5.92 Å². The highest BCUT2D eigenvalue weighted by molar-refractivity contribution is 6.00. The van der Waals surface area contributed by atoms with Crippen molar-refractivity contribution >= 4 is 18.0 Å². The lowest BCUT2D eigenvalue weighted by molar-refractivity contribution is -0.144. The minimum absolute atomic E-state index is 0.228. The van der Waals surface area contributed by atoms with Gasteiger partial charge in [0.1, 0.15) is 0 Å². The molecule has 134 valence electrons. The van der Waals surface area contributed by atoms with Gasteiger partial charge in [0.25, 0.3) is 0 Å². The predicted octanol–water partition coefficient (Wildman–Crippen LogP) is 1.82. The van der Waals surface area contributed by atoms with Crippen molar-refractivity contribution in [3.63, 3.8) is 0 Å². The van der Waals surface area contributed by atoms with Crippen LogP contribution in [0.25, 0.3) is 6.08 Å². The van der Waals surface area contributed by atoms with Gasteiger partial charge < -0.3 is 30.6 Å². The van der Waals surface area contributed by atoms with Crippen molar-refractivity contribution in [2.45, 2.75) is 5.92 Å². The van der Waals surface area contributed by atoms with Gasteiger partial charge in [-0.25, -0.2) is 4.79 Å². The summed E-state index contributed by atoms with van der Waals surface area (Å²) >= 11 is 0. The Labute approximate surface area is 146 Å². The Morgan fingerprint density at radius 1 is 0.808 bits per heavy atom. The maximum absolute atomic E-state index is 11.8. The number of aromatic hydroxyl groups is 4. The van der Waals surface area contributed by atoms with Gasteiger partial charge in [0, 0.05) is 5.92 Å². The van der Waals surface area contributed by atoms with Crippen LogP contribution in [0.5, 0.6) is 23.0 Å². The van der Waals surface area contributed by atoms with E-state index in [-0.39, 0.29) is 16.7 Å². The lowest BCUT2D eigenvalue weighted by Gasteiger charge is -2.31. The average molecular weight is 358 g/mol. The molecule has 8 heteroatoms. The maximum atomic E-state index is 11.8. The Morgan fingerprint density at radius 3 is 2.00 bits per heavy atom. The van der Waals surface area contributed by atoms with Crippen molar-refractivity contribution in [1.82, 2.24) is 0 Å². The molecule has 2 atom stereocenters. The van der Waals surface area contributed by atoms with Crippen LogP contribution in [0.15, 0.2) is 35.9 Å². The number of carboxylic acid groups (broad SMARTS) is 2. The molecule has 0 aliphatic heterocycles. The molecule has 0 amide bonds. The van der Waals surface area contributed by atoms with Gasteiger partial charge in [-0.1, -0.05) is 6.07 Å². The predicted molar refractivity (Wildman–Crippen MR) is 88.1 cm³/mol. The number of phenolic OH excluding ortho intramolecular Hbond substituents is 4. The third kappa shape index (κ3) is 2.67. The fourth-order valence-electron chi connectivity index (χ4n) is 3.20. The van der Waals surface area contributed by atoms with Crippen molar-refractivity contribution in [3.05, 3.63) is 52.6 Å². The Morgan fingerprint density at radius 2 is 1.42 bits per heavy atom. The lowest BCUT2D eigenvalue weighted by atomic mass is 9.71. The van der Waals surface area contributed by atoms with Crippen LogP contribution in [0.2, 0.25) is 0 Å². The number of hydrogen-bond acceptors (Lipinski definition) is 6. The smallest absolute Gasteiger partial charge is 0.332 e. The number of carbonyl (C=O) groups is 2. The zero-order valence-electron chi connectivity index (χ0n) is 13.1. The van der Waals surface area contributed by atoms with Crippen LogP contribution in [-0.4, -0.2) is 42.6 Å². The van der Waals surface area contributed by atoms with Crippen LogP contribution < -0.4 is 0 Å². The second-order valence-electron chi connectivity index (χ2n) is 5.92. The minimum atomic E-state index is -1.51.